The first-order chi connectivity index (χ1) is 9.31. The van der Waals surface area contributed by atoms with E-state index in [2.05, 4.69) is 69.3 Å². The third-order valence-corrected chi connectivity index (χ3v) is 6.05. The summed E-state index contributed by atoms with van der Waals surface area (Å²) in [5, 5.41) is 9.39. The minimum absolute atomic E-state index is 0.274. The maximum Gasteiger partial charge on any atom is 0.0696 e. The quantitative estimate of drug-likeness (QED) is 0.661. The van der Waals surface area contributed by atoms with E-state index in [1.807, 2.05) is 11.3 Å². The summed E-state index contributed by atoms with van der Waals surface area (Å²) in [5.74, 6) is 0. The lowest BCUT2D eigenvalue weighted by Gasteiger charge is -2.17. The van der Waals surface area contributed by atoms with Gasteiger partial charge in [0.05, 0.1) is 6.04 Å². The zero-order valence-electron chi connectivity index (χ0n) is 10.5. The fraction of sp³-hybridized carbons (Fsp3) is 0.200. The molecule has 2 aromatic heterocycles. The van der Waals surface area contributed by atoms with E-state index in [-0.39, 0.29) is 6.04 Å². The largest absolute Gasteiger partial charge is 0.306 e. The SMILES string of the molecule is CCNC(c1sccc1Br)c1csc2ccccc12. The summed E-state index contributed by atoms with van der Waals surface area (Å²) in [5.41, 5.74) is 1.38. The molecule has 0 aliphatic carbocycles. The summed E-state index contributed by atoms with van der Waals surface area (Å²) in [6.07, 6.45) is 0. The van der Waals surface area contributed by atoms with Crippen LogP contribution in [-0.4, -0.2) is 6.54 Å². The molecule has 1 N–H and O–H groups in total. The predicted molar refractivity (Wildman–Crippen MR) is 89.4 cm³/mol. The van der Waals surface area contributed by atoms with E-state index in [1.54, 1.807) is 11.3 Å². The van der Waals surface area contributed by atoms with Gasteiger partial charge in [0.25, 0.3) is 0 Å². The maximum absolute atomic E-state index is 3.66. The second-order valence-corrected chi connectivity index (χ2v) is 7.02. The number of hydrogen-bond donors (Lipinski definition) is 1. The van der Waals surface area contributed by atoms with Gasteiger partial charge >= 0.3 is 0 Å². The highest BCUT2D eigenvalue weighted by molar-refractivity contribution is 9.10. The average molecular weight is 352 g/mol. The smallest absolute Gasteiger partial charge is 0.0696 e. The standard InChI is InChI=1S/C15H14BrNS2/c1-2-17-14(15-12(16)7-8-18-15)11-9-19-13-6-4-3-5-10(11)13/h3-9,14,17H,2H2,1H3. The molecule has 3 aromatic rings. The highest BCUT2D eigenvalue weighted by atomic mass is 79.9. The van der Waals surface area contributed by atoms with Gasteiger partial charge in [-0.15, -0.1) is 22.7 Å². The summed E-state index contributed by atoms with van der Waals surface area (Å²) >= 11 is 7.28. The van der Waals surface area contributed by atoms with Crippen molar-refractivity contribution in [3.63, 3.8) is 0 Å². The molecule has 1 aromatic carbocycles. The van der Waals surface area contributed by atoms with Crippen LogP contribution in [0.2, 0.25) is 0 Å². The Morgan fingerprint density at radius 3 is 2.79 bits per heavy atom. The van der Waals surface area contributed by atoms with Crippen molar-refractivity contribution in [2.75, 3.05) is 6.54 Å². The third-order valence-electron chi connectivity index (χ3n) is 3.14. The molecular weight excluding hydrogens is 338 g/mol. The van der Waals surface area contributed by atoms with Crippen molar-refractivity contribution < 1.29 is 0 Å². The highest BCUT2D eigenvalue weighted by Gasteiger charge is 2.20. The van der Waals surface area contributed by atoms with Crippen molar-refractivity contribution in [2.24, 2.45) is 0 Å². The zero-order chi connectivity index (χ0) is 13.2. The molecule has 0 saturated carbocycles. The second kappa shape index (κ2) is 5.75. The molecule has 2 heterocycles. The topological polar surface area (TPSA) is 12.0 Å². The Morgan fingerprint density at radius 2 is 2.05 bits per heavy atom. The van der Waals surface area contributed by atoms with Crippen LogP contribution in [0.1, 0.15) is 23.4 Å². The zero-order valence-corrected chi connectivity index (χ0v) is 13.7. The van der Waals surface area contributed by atoms with Gasteiger partial charge in [0.1, 0.15) is 0 Å². The van der Waals surface area contributed by atoms with Gasteiger partial charge in [0.15, 0.2) is 0 Å². The molecule has 0 aliphatic rings. The van der Waals surface area contributed by atoms with E-state index in [0.717, 1.165) is 6.54 Å². The van der Waals surface area contributed by atoms with Gasteiger partial charge in [-0.1, -0.05) is 25.1 Å². The lowest BCUT2D eigenvalue weighted by Crippen LogP contribution is -2.21. The molecule has 0 spiro atoms. The number of rotatable bonds is 4. The first kappa shape index (κ1) is 13.3. The van der Waals surface area contributed by atoms with Crippen molar-refractivity contribution in [2.45, 2.75) is 13.0 Å². The number of thiophene rings is 2. The van der Waals surface area contributed by atoms with Crippen molar-refractivity contribution in [3.8, 4) is 0 Å². The van der Waals surface area contributed by atoms with E-state index in [0.29, 0.717) is 0 Å². The van der Waals surface area contributed by atoms with Crippen molar-refractivity contribution in [3.05, 3.63) is 56.0 Å². The lowest BCUT2D eigenvalue weighted by molar-refractivity contribution is 0.643. The fourth-order valence-corrected chi connectivity index (χ4v) is 4.96. The Morgan fingerprint density at radius 1 is 1.21 bits per heavy atom. The predicted octanol–water partition coefficient (Wildman–Crippen LogP) is 5.42. The molecule has 1 atom stereocenters. The number of nitrogens with one attached hydrogen (secondary N) is 1. The monoisotopic (exact) mass is 351 g/mol. The van der Waals surface area contributed by atoms with Crippen LogP contribution in [0, 0.1) is 0 Å². The molecule has 1 nitrogen and oxygen atoms in total. The summed E-state index contributed by atoms with van der Waals surface area (Å²) in [7, 11) is 0. The Kier molecular flexibility index (Phi) is 4.03. The van der Waals surface area contributed by atoms with Crippen LogP contribution in [0.4, 0.5) is 0 Å². The average Bonchev–Trinajstić information content (AvgIpc) is 3.03. The van der Waals surface area contributed by atoms with Gasteiger partial charge in [-0.3, -0.25) is 0 Å². The number of benzene rings is 1. The third kappa shape index (κ3) is 2.50. The minimum atomic E-state index is 0.274. The molecule has 0 amide bonds. The van der Waals surface area contributed by atoms with Gasteiger partial charge in [0.2, 0.25) is 0 Å². The molecule has 0 aliphatic heterocycles. The van der Waals surface area contributed by atoms with Crippen LogP contribution < -0.4 is 5.32 Å². The molecule has 0 radical (unpaired) electrons. The Balaban J connectivity index is 2.12. The fourth-order valence-electron chi connectivity index (χ4n) is 2.28. The molecular formula is C15H14BrNS2. The van der Waals surface area contributed by atoms with Gasteiger partial charge in [-0.2, -0.15) is 0 Å². The van der Waals surface area contributed by atoms with Gasteiger partial charge in [-0.05, 0) is 56.3 Å². The van der Waals surface area contributed by atoms with E-state index < -0.39 is 0 Å². The van der Waals surface area contributed by atoms with E-state index in [1.165, 1.54) is 25.0 Å². The highest BCUT2D eigenvalue weighted by Crippen LogP contribution is 2.38. The summed E-state index contributed by atoms with van der Waals surface area (Å²) in [4.78, 5) is 1.35. The number of halogens is 1. The van der Waals surface area contributed by atoms with E-state index in [4.69, 9.17) is 0 Å². The summed E-state index contributed by atoms with van der Waals surface area (Å²) < 4.78 is 2.55. The van der Waals surface area contributed by atoms with Crippen LogP contribution in [0.3, 0.4) is 0 Å². The second-order valence-electron chi connectivity index (χ2n) is 4.31. The Bertz CT molecular complexity index is 686. The summed E-state index contributed by atoms with van der Waals surface area (Å²) in [6.45, 7) is 3.11. The normalized spacial score (nSPS) is 12.9. The van der Waals surface area contributed by atoms with E-state index in [9.17, 15) is 0 Å². The molecule has 19 heavy (non-hydrogen) atoms. The molecule has 1 unspecified atom stereocenters. The Hall–Kier alpha value is -0.680. The number of hydrogen-bond acceptors (Lipinski definition) is 3. The molecule has 0 saturated heterocycles. The maximum atomic E-state index is 3.66. The Labute approximate surface area is 129 Å². The first-order valence-corrected chi connectivity index (χ1v) is 8.79. The minimum Gasteiger partial charge on any atom is -0.306 e. The van der Waals surface area contributed by atoms with Gasteiger partial charge in [-0.25, -0.2) is 0 Å². The molecule has 4 heteroatoms. The summed E-state index contributed by atoms with van der Waals surface area (Å²) in [6, 6.07) is 11.0. The van der Waals surface area contributed by atoms with Crippen LogP contribution in [-0.2, 0) is 0 Å². The van der Waals surface area contributed by atoms with Crippen LogP contribution >= 0.6 is 38.6 Å². The van der Waals surface area contributed by atoms with Crippen LogP contribution in [0.15, 0.2) is 45.6 Å². The van der Waals surface area contributed by atoms with E-state index >= 15 is 0 Å². The van der Waals surface area contributed by atoms with Gasteiger partial charge < -0.3 is 5.32 Å². The van der Waals surface area contributed by atoms with Crippen molar-refractivity contribution in [1.29, 1.82) is 0 Å². The van der Waals surface area contributed by atoms with Crippen LogP contribution in [0.25, 0.3) is 10.1 Å². The molecule has 0 fully saturated rings. The van der Waals surface area contributed by atoms with Crippen molar-refractivity contribution in [1.82, 2.24) is 5.32 Å². The van der Waals surface area contributed by atoms with Crippen LogP contribution in [0.5, 0.6) is 0 Å². The van der Waals surface area contributed by atoms with Gasteiger partial charge in [0, 0.05) is 14.0 Å². The molecule has 3 rings (SSSR count). The lowest BCUT2D eigenvalue weighted by atomic mass is 10.0. The number of fused-ring (bicyclic) bond motifs is 1. The van der Waals surface area contributed by atoms with Crippen molar-refractivity contribution >= 4 is 48.7 Å². The molecule has 98 valence electrons. The molecule has 0 bridgehead atoms. The first-order valence-electron chi connectivity index (χ1n) is 6.23.